The van der Waals surface area contributed by atoms with Gasteiger partial charge >= 0.3 is 12.1 Å². The van der Waals surface area contributed by atoms with Gasteiger partial charge in [0.25, 0.3) is 0 Å². The van der Waals surface area contributed by atoms with Crippen LogP contribution in [-0.2, 0) is 14.4 Å². The number of rotatable bonds is 6. The summed E-state index contributed by atoms with van der Waals surface area (Å²) < 4.78 is 36.8. The summed E-state index contributed by atoms with van der Waals surface area (Å²) in [6.45, 7) is 1.69. The lowest BCUT2D eigenvalue weighted by Crippen LogP contribution is -2.41. The predicted molar refractivity (Wildman–Crippen MR) is 69.8 cm³/mol. The first-order chi connectivity index (χ1) is 9.88. The van der Waals surface area contributed by atoms with Crippen molar-refractivity contribution in [2.75, 3.05) is 13.1 Å². The summed E-state index contributed by atoms with van der Waals surface area (Å²) >= 11 is 0. The van der Waals surface area contributed by atoms with Crippen LogP contribution in [0.4, 0.5) is 13.2 Å². The zero-order chi connectivity index (χ0) is 17.1. The van der Waals surface area contributed by atoms with Crippen molar-refractivity contribution < 1.29 is 32.7 Å². The van der Waals surface area contributed by atoms with Crippen LogP contribution in [-0.4, -0.2) is 53.1 Å². The molecule has 0 aromatic heterocycles. The molecule has 0 aliphatic carbocycles. The summed E-state index contributed by atoms with van der Waals surface area (Å²) in [6.07, 6.45) is -4.94. The van der Waals surface area contributed by atoms with Crippen molar-refractivity contribution in [3.63, 3.8) is 0 Å². The SMILES string of the molecule is CC(C)(CC(=O)O)CC(=O)NC1CC(=O)N(CC(F)(F)F)C1. The van der Waals surface area contributed by atoms with E-state index in [-0.39, 0.29) is 25.8 Å². The van der Waals surface area contributed by atoms with Gasteiger partial charge in [-0.15, -0.1) is 0 Å². The number of nitrogens with one attached hydrogen (secondary N) is 1. The third kappa shape index (κ3) is 6.31. The van der Waals surface area contributed by atoms with Gasteiger partial charge in [-0.25, -0.2) is 0 Å². The largest absolute Gasteiger partial charge is 0.481 e. The van der Waals surface area contributed by atoms with Gasteiger partial charge in [0.15, 0.2) is 0 Å². The van der Waals surface area contributed by atoms with Crippen LogP contribution in [0.5, 0.6) is 0 Å². The van der Waals surface area contributed by atoms with Crippen molar-refractivity contribution in [2.45, 2.75) is 45.3 Å². The van der Waals surface area contributed by atoms with E-state index in [1.54, 1.807) is 13.8 Å². The highest BCUT2D eigenvalue weighted by Crippen LogP contribution is 2.25. The van der Waals surface area contributed by atoms with Crippen molar-refractivity contribution in [3.8, 4) is 0 Å². The first-order valence-electron chi connectivity index (χ1n) is 6.74. The van der Waals surface area contributed by atoms with Crippen molar-refractivity contribution in [1.29, 1.82) is 0 Å². The van der Waals surface area contributed by atoms with E-state index < -0.39 is 42.0 Å². The van der Waals surface area contributed by atoms with Crippen LogP contribution in [0.15, 0.2) is 0 Å². The van der Waals surface area contributed by atoms with E-state index in [1.165, 1.54) is 0 Å². The molecule has 1 unspecified atom stereocenters. The lowest BCUT2D eigenvalue weighted by Gasteiger charge is -2.23. The number of aliphatic carboxylic acids is 1. The van der Waals surface area contributed by atoms with Crippen LogP contribution in [0, 0.1) is 5.41 Å². The highest BCUT2D eigenvalue weighted by molar-refractivity contribution is 5.82. The van der Waals surface area contributed by atoms with Gasteiger partial charge in [-0.05, 0) is 5.41 Å². The van der Waals surface area contributed by atoms with Gasteiger partial charge in [0.05, 0.1) is 12.5 Å². The quantitative estimate of drug-likeness (QED) is 0.767. The monoisotopic (exact) mass is 324 g/mol. The van der Waals surface area contributed by atoms with Crippen LogP contribution in [0.3, 0.4) is 0 Å². The Balaban J connectivity index is 2.50. The fourth-order valence-corrected chi connectivity index (χ4v) is 2.42. The van der Waals surface area contributed by atoms with E-state index in [4.69, 9.17) is 5.11 Å². The molecule has 0 spiro atoms. The third-order valence-corrected chi connectivity index (χ3v) is 3.22. The van der Waals surface area contributed by atoms with Crippen molar-refractivity contribution in [1.82, 2.24) is 10.2 Å². The normalized spacial score (nSPS) is 19.4. The Kier molecular flexibility index (Phi) is 5.42. The molecule has 1 heterocycles. The summed E-state index contributed by atoms with van der Waals surface area (Å²) in [5.74, 6) is -2.17. The fourth-order valence-electron chi connectivity index (χ4n) is 2.42. The third-order valence-electron chi connectivity index (χ3n) is 3.22. The number of carboxylic acid groups (broad SMARTS) is 1. The van der Waals surface area contributed by atoms with Gasteiger partial charge in [-0.2, -0.15) is 13.2 Å². The summed E-state index contributed by atoms with van der Waals surface area (Å²) in [4.78, 5) is 34.6. The van der Waals surface area contributed by atoms with E-state index in [0.717, 1.165) is 0 Å². The molecule has 2 N–H and O–H groups in total. The standard InChI is InChI=1S/C13H19F3N2O4/c1-12(2,5-11(21)22)4-9(19)17-8-3-10(20)18(6-8)7-13(14,15)16/h8H,3-7H2,1-2H3,(H,17,19)(H,21,22). The second-order valence-corrected chi connectivity index (χ2v) is 6.27. The van der Waals surface area contributed by atoms with Crippen LogP contribution in [0.25, 0.3) is 0 Å². The van der Waals surface area contributed by atoms with E-state index in [2.05, 4.69) is 5.32 Å². The van der Waals surface area contributed by atoms with E-state index in [9.17, 15) is 27.6 Å². The van der Waals surface area contributed by atoms with Crippen LogP contribution in [0.2, 0.25) is 0 Å². The second-order valence-electron chi connectivity index (χ2n) is 6.27. The molecule has 0 bridgehead atoms. The average molecular weight is 324 g/mol. The van der Waals surface area contributed by atoms with Crippen molar-refractivity contribution in [3.05, 3.63) is 0 Å². The van der Waals surface area contributed by atoms with Crippen LogP contribution >= 0.6 is 0 Å². The topological polar surface area (TPSA) is 86.7 Å². The summed E-state index contributed by atoms with van der Waals surface area (Å²) in [5.41, 5.74) is -0.774. The fraction of sp³-hybridized carbons (Fsp3) is 0.769. The molecule has 1 saturated heterocycles. The first kappa shape index (κ1) is 18.2. The smallest absolute Gasteiger partial charge is 0.406 e. The Labute approximate surface area is 125 Å². The second kappa shape index (κ2) is 6.53. The van der Waals surface area contributed by atoms with E-state index in [1.807, 2.05) is 0 Å². The molecule has 6 nitrogen and oxygen atoms in total. The number of amides is 2. The number of carbonyl (C=O) groups excluding carboxylic acids is 2. The number of hydrogen-bond acceptors (Lipinski definition) is 3. The maximum absolute atomic E-state index is 12.3. The minimum Gasteiger partial charge on any atom is -0.481 e. The average Bonchev–Trinajstić information content (AvgIpc) is 2.52. The maximum atomic E-state index is 12.3. The van der Waals surface area contributed by atoms with Gasteiger partial charge in [-0.1, -0.05) is 13.8 Å². The number of carbonyl (C=O) groups is 3. The lowest BCUT2D eigenvalue weighted by atomic mass is 9.85. The van der Waals surface area contributed by atoms with Gasteiger partial charge in [-0.3, -0.25) is 14.4 Å². The van der Waals surface area contributed by atoms with Crippen molar-refractivity contribution in [2.24, 2.45) is 5.41 Å². The van der Waals surface area contributed by atoms with Crippen LogP contribution in [0.1, 0.15) is 33.1 Å². The van der Waals surface area contributed by atoms with Gasteiger partial charge in [0.1, 0.15) is 6.54 Å². The number of likely N-dealkylation sites (tertiary alicyclic amines) is 1. The molecule has 2 amide bonds. The molecule has 0 radical (unpaired) electrons. The highest BCUT2D eigenvalue weighted by Gasteiger charge is 2.39. The number of nitrogens with zero attached hydrogens (tertiary/aromatic N) is 1. The summed E-state index contributed by atoms with van der Waals surface area (Å²) in [5, 5.41) is 11.2. The minimum atomic E-state index is -4.47. The maximum Gasteiger partial charge on any atom is 0.406 e. The molecular formula is C13H19F3N2O4. The molecule has 1 fully saturated rings. The molecule has 0 aromatic rings. The zero-order valence-electron chi connectivity index (χ0n) is 12.4. The Hall–Kier alpha value is -1.80. The van der Waals surface area contributed by atoms with E-state index >= 15 is 0 Å². The molecule has 1 aliphatic heterocycles. The Morgan fingerprint density at radius 1 is 1.32 bits per heavy atom. The number of halogens is 3. The Morgan fingerprint density at radius 3 is 2.41 bits per heavy atom. The van der Waals surface area contributed by atoms with Gasteiger partial charge < -0.3 is 15.3 Å². The molecule has 0 aromatic carbocycles. The molecule has 22 heavy (non-hydrogen) atoms. The minimum absolute atomic E-state index is 0.0801. The molecule has 1 atom stereocenters. The lowest BCUT2D eigenvalue weighted by molar-refractivity contribution is -0.157. The molecule has 126 valence electrons. The first-order valence-corrected chi connectivity index (χ1v) is 6.74. The molecular weight excluding hydrogens is 305 g/mol. The number of alkyl halides is 3. The molecule has 1 aliphatic rings. The number of carboxylic acids is 1. The predicted octanol–water partition coefficient (Wildman–Crippen LogP) is 1.16. The Morgan fingerprint density at radius 2 is 1.91 bits per heavy atom. The summed E-state index contributed by atoms with van der Waals surface area (Å²) in [6, 6.07) is -0.678. The number of hydrogen-bond donors (Lipinski definition) is 2. The van der Waals surface area contributed by atoms with E-state index in [0.29, 0.717) is 4.90 Å². The molecule has 0 saturated carbocycles. The zero-order valence-corrected chi connectivity index (χ0v) is 12.4. The van der Waals surface area contributed by atoms with Gasteiger partial charge in [0, 0.05) is 19.4 Å². The molecule has 1 rings (SSSR count). The van der Waals surface area contributed by atoms with Crippen LogP contribution < -0.4 is 5.32 Å². The molecule has 9 heteroatoms. The summed E-state index contributed by atoms with van der Waals surface area (Å²) in [7, 11) is 0. The highest BCUT2D eigenvalue weighted by atomic mass is 19.4. The Bertz CT molecular complexity index is 463. The van der Waals surface area contributed by atoms with Crippen molar-refractivity contribution >= 4 is 17.8 Å². The van der Waals surface area contributed by atoms with Gasteiger partial charge in [0.2, 0.25) is 11.8 Å².